The zero-order valence-electron chi connectivity index (χ0n) is 15.9. The van der Waals surface area contributed by atoms with Crippen molar-refractivity contribution < 1.29 is 14.3 Å². The Morgan fingerprint density at radius 3 is 2.78 bits per heavy atom. The normalized spacial score (nSPS) is 22.0. The number of likely N-dealkylation sites (tertiary alicyclic amines) is 1. The highest BCUT2D eigenvalue weighted by atomic mass is 32.1. The number of carbonyl (C=O) groups excluding carboxylic acids is 2. The van der Waals surface area contributed by atoms with Crippen LogP contribution in [0.5, 0.6) is 0 Å². The summed E-state index contributed by atoms with van der Waals surface area (Å²) in [5.74, 6) is -0.253. The Kier molecular flexibility index (Phi) is 7.03. The highest BCUT2D eigenvalue weighted by molar-refractivity contribution is 7.13. The largest absolute Gasteiger partial charge is 0.383 e. The number of thiazole rings is 1. The smallest absolute Gasteiger partial charge is 0.268 e. The van der Waals surface area contributed by atoms with Crippen LogP contribution < -0.4 is 16.0 Å². The van der Waals surface area contributed by atoms with Gasteiger partial charge in [0.25, 0.3) is 5.91 Å². The molecular weight excluding hydrogens is 366 g/mol. The number of rotatable bonds is 7. The first-order chi connectivity index (χ1) is 13.1. The Bertz CT molecular complexity index is 645. The summed E-state index contributed by atoms with van der Waals surface area (Å²) in [4.78, 5) is 32.6. The molecule has 150 valence electrons. The minimum atomic E-state index is -0.476. The van der Waals surface area contributed by atoms with E-state index in [1.54, 1.807) is 12.5 Å². The summed E-state index contributed by atoms with van der Waals surface area (Å²) in [5, 5.41) is 5.57. The highest BCUT2D eigenvalue weighted by Crippen LogP contribution is 2.28. The molecular formula is C18H29N5O3S. The van der Waals surface area contributed by atoms with Crippen molar-refractivity contribution in [2.75, 3.05) is 51.3 Å². The molecule has 0 saturated carbocycles. The molecule has 2 fully saturated rings. The third-order valence-corrected chi connectivity index (χ3v) is 6.33. The van der Waals surface area contributed by atoms with Gasteiger partial charge >= 0.3 is 0 Å². The van der Waals surface area contributed by atoms with Gasteiger partial charge in [-0.25, -0.2) is 4.98 Å². The topological polar surface area (TPSA) is 101 Å². The number of anilines is 1. The maximum absolute atomic E-state index is 12.3. The molecule has 9 heteroatoms. The van der Waals surface area contributed by atoms with Crippen LogP contribution in [-0.4, -0.2) is 74.2 Å². The Morgan fingerprint density at radius 1 is 1.33 bits per heavy atom. The van der Waals surface area contributed by atoms with E-state index in [-0.39, 0.29) is 11.8 Å². The van der Waals surface area contributed by atoms with Crippen LogP contribution >= 0.6 is 11.3 Å². The van der Waals surface area contributed by atoms with E-state index in [2.05, 4.69) is 20.1 Å². The second-order valence-corrected chi connectivity index (χ2v) is 8.05. The van der Waals surface area contributed by atoms with Crippen LogP contribution in [0, 0.1) is 5.92 Å². The van der Waals surface area contributed by atoms with Gasteiger partial charge in [-0.1, -0.05) is 0 Å². The Morgan fingerprint density at radius 2 is 2.11 bits per heavy atom. The predicted molar refractivity (Wildman–Crippen MR) is 105 cm³/mol. The van der Waals surface area contributed by atoms with Gasteiger partial charge in [-0.3, -0.25) is 14.5 Å². The Hall–Kier alpha value is -1.71. The van der Waals surface area contributed by atoms with Gasteiger partial charge in [-0.2, -0.15) is 0 Å². The first-order valence-electron chi connectivity index (χ1n) is 9.59. The molecule has 2 amide bonds. The molecule has 1 atom stereocenters. The van der Waals surface area contributed by atoms with Crippen LogP contribution in [0.25, 0.3) is 0 Å². The molecule has 27 heavy (non-hydrogen) atoms. The van der Waals surface area contributed by atoms with E-state index in [0.717, 1.165) is 57.0 Å². The number of piperidine rings is 2. The van der Waals surface area contributed by atoms with Gasteiger partial charge in [0.1, 0.15) is 5.69 Å². The van der Waals surface area contributed by atoms with Gasteiger partial charge in [0.2, 0.25) is 5.91 Å². The van der Waals surface area contributed by atoms with Crippen LogP contribution in [0.1, 0.15) is 36.2 Å². The van der Waals surface area contributed by atoms with E-state index in [9.17, 15) is 9.59 Å². The summed E-state index contributed by atoms with van der Waals surface area (Å²) >= 11 is 1.47. The number of ether oxygens (including phenoxy) is 1. The molecule has 0 radical (unpaired) electrons. The van der Waals surface area contributed by atoms with Crippen molar-refractivity contribution in [3.05, 3.63) is 11.1 Å². The van der Waals surface area contributed by atoms with Crippen LogP contribution in [0.4, 0.5) is 5.13 Å². The number of nitrogens with zero attached hydrogens (tertiary/aromatic N) is 3. The van der Waals surface area contributed by atoms with Gasteiger partial charge in [-0.15, -0.1) is 11.3 Å². The average Bonchev–Trinajstić information content (AvgIpc) is 3.19. The van der Waals surface area contributed by atoms with Gasteiger partial charge in [0, 0.05) is 44.7 Å². The average molecular weight is 396 g/mol. The fourth-order valence-electron chi connectivity index (χ4n) is 3.92. The van der Waals surface area contributed by atoms with Crippen molar-refractivity contribution in [2.24, 2.45) is 11.7 Å². The molecule has 0 bridgehead atoms. The van der Waals surface area contributed by atoms with Gasteiger partial charge in [-0.05, 0) is 32.2 Å². The lowest BCUT2D eigenvalue weighted by molar-refractivity contribution is -0.127. The van der Waals surface area contributed by atoms with E-state index in [0.29, 0.717) is 24.9 Å². The third-order valence-electron chi connectivity index (χ3n) is 5.42. The molecule has 3 N–H and O–H groups in total. The SMILES string of the molecule is COCCNC(=O)C1CCCN(C2CCN(c3nc(C(N)=O)cs3)CC2)C1. The number of primary amides is 1. The lowest BCUT2D eigenvalue weighted by Crippen LogP contribution is -2.51. The summed E-state index contributed by atoms with van der Waals surface area (Å²) in [5.41, 5.74) is 5.64. The number of nitrogens with one attached hydrogen (secondary N) is 1. The van der Waals surface area contributed by atoms with E-state index >= 15 is 0 Å². The predicted octanol–water partition coefficient (Wildman–Crippen LogP) is 0.685. The van der Waals surface area contributed by atoms with Crippen molar-refractivity contribution in [3.63, 3.8) is 0 Å². The van der Waals surface area contributed by atoms with Crippen molar-refractivity contribution >= 4 is 28.3 Å². The summed E-state index contributed by atoms with van der Waals surface area (Å²) < 4.78 is 5.00. The fourth-order valence-corrected chi connectivity index (χ4v) is 4.79. The lowest BCUT2D eigenvalue weighted by atomic mass is 9.93. The van der Waals surface area contributed by atoms with Crippen molar-refractivity contribution in [1.29, 1.82) is 0 Å². The second kappa shape index (κ2) is 9.48. The minimum absolute atomic E-state index is 0.0747. The molecule has 1 unspecified atom stereocenters. The van der Waals surface area contributed by atoms with Gasteiger partial charge < -0.3 is 20.7 Å². The van der Waals surface area contributed by atoms with Crippen LogP contribution in [0.3, 0.4) is 0 Å². The molecule has 1 aromatic rings. The molecule has 3 heterocycles. The number of amides is 2. The van der Waals surface area contributed by atoms with Crippen LogP contribution in [0.15, 0.2) is 5.38 Å². The molecule has 2 aliphatic heterocycles. The number of aromatic nitrogens is 1. The minimum Gasteiger partial charge on any atom is -0.383 e. The zero-order valence-corrected chi connectivity index (χ0v) is 16.7. The van der Waals surface area contributed by atoms with Crippen molar-refractivity contribution in [1.82, 2.24) is 15.2 Å². The molecule has 2 saturated heterocycles. The number of carbonyl (C=O) groups is 2. The third kappa shape index (κ3) is 5.18. The molecule has 0 aliphatic carbocycles. The first kappa shape index (κ1) is 20.0. The van der Waals surface area contributed by atoms with Gasteiger partial charge in [0.15, 0.2) is 5.13 Å². The van der Waals surface area contributed by atoms with E-state index in [1.807, 2.05) is 0 Å². The van der Waals surface area contributed by atoms with E-state index in [4.69, 9.17) is 10.5 Å². The summed E-state index contributed by atoms with van der Waals surface area (Å²) in [6, 6.07) is 0.506. The number of hydrogen-bond acceptors (Lipinski definition) is 7. The van der Waals surface area contributed by atoms with Crippen LogP contribution in [0.2, 0.25) is 0 Å². The molecule has 1 aromatic heterocycles. The Labute approximate surface area is 164 Å². The molecule has 0 spiro atoms. The lowest BCUT2D eigenvalue weighted by Gasteiger charge is -2.42. The summed E-state index contributed by atoms with van der Waals surface area (Å²) in [6.07, 6.45) is 4.12. The zero-order chi connectivity index (χ0) is 19.2. The highest BCUT2D eigenvalue weighted by Gasteiger charge is 2.32. The van der Waals surface area contributed by atoms with E-state index in [1.165, 1.54) is 11.3 Å². The monoisotopic (exact) mass is 395 g/mol. The summed E-state index contributed by atoms with van der Waals surface area (Å²) in [7, 11) is 1.64. The van der Waals surface area contributed by atoms with Crippen molar-refractivity contribution in [3.8, 4) is 0 Å². The molecule has 2 aliphatic rings. The standard InChI is InChI=1S/C18H29N5O3S/c1-26-10-6-20-17(25)13-3-2-7-23(11-13)14-4-8-22(9-5-14)18-21-15(12-27-18)16(19)24/h12-14H,2-11H2,1H3,(H2,19,24)(H,20,25). The quantitative estimate of drug-likeness (QED) is 0.659. The maximum Gasteiger partial charge on any atom is 0.268 e. The fraction of sp³-hybridized carbons (Fsp3) is 0.722. The van der Waals surface area contributed by atoms with Gasteiger partial charge in [0.05, 0.1) is 12.5 Å². The molecule has 0 aromatic carbocycles. The van der Waals surface area contributed by atoms with Crippen LogP contribution in [-0.2, 0) is 9.53 Å². The number of methoxy groups -OCH3 is 1. The second-order valence-electron chi connectivity index (χ2n) is 7.22. The maximum atomic E-state index is 12.3. The summed E-state index contributed by atoms with van der Waals surface area (Å²) in [6.45, 7) is 4.86. The van der Waals surface area contributed by atoms with Crippen molar-refractivity contribution in [2.45, 2.75) is 31.7 Å². The molecule has 3 rings (SSSR count). The van der Waals surface area contributed by atoms with E-state index < -0.39 is 5.91 Å². The number of nitrogens with two attached hydrogens (primary N) is 1. The number of hydrogen-bond donors (Lipinski definition) is 2. The molecule has 8 nitrogen and oxygen atoms in total. The first-order valence-corrected chi connectivity index (χ1v) is 10.5. The Balaban J connectivity index is 1.48.